The number of ether oxygens (including phenoxy) is 1. The van der Waals surface area contributed by atoms with Crippen LogP contribution < -0.4 is 10.4 Å². The SMILES string of the molecule is Cn1c(=O)sc2cc(-c3ccc(C4(CC(=O)NOC5CCCCO5)CCN(C(=O)c5ccccc5)CCS4(=O)=O)s3)ccc21. The zero-order chi connectivity index (χ0) is 30.9. The minimum absolute atomic E-state index is 0.0215. The standard InChI is InChI=1S/C31H33N3O7S3/c1-33-23-11-10-22(19-25(23)43-30(33)37)24-12-13-26(42-24)31(20-27(35)32-41-28-9-5-6-17-40-28)14-15-34(16-18-44(31,38)39)29(36)21-7-3-2-4-8-21/h2-4,7-8,10-13,19,28H,5-6,9,14-18,20H2,1H3,(H,32,35). The average Bonchev–Trinajstić information content (AvgIpc) is 3.61. The number of nitrogens with one attached hydrogen (secondary N) is 1. The Labute approximate surface area is 263 Å². The average molecular weight is 656 g/mol. The highest BCUT2D eigenvalue weighted by atomic mass is 32.2. The van der Waals surface area contributed by atoms with Gasteiger partial charge in [-0.15, -0.1) is 11.3 Å². The van der Waals surface area contributed by atoms with Gasteiger partial charge < -0.3 is 14.2 Å². The molecule has 2 aliphatic heterocycles. The van der Waals surface area contributed by atoms with Crippen LogP contribution in [-0.4, -0.2) is 61.4 Å². The van der Waals surface area contributed by atoms with E-state index in [1.54, 1.807) is 46.8 Å². The van der Waals surface area contributed by atoms with Crippen molar-refractivity contribution in [2.75, 3.05) is 25.4 Å². The molecule has 2 saturated heterocycles. The fourth-order valence-corrected chi connectivity index (χ4v) is 10.3. The number of aryl methyl sites for hydroxylation is 1. The minimum Gasteiger partial charge on any atom is -0.350 e. The molecule has 0 radical (unpaired) electrons. The van der Waals surface area contributed by atoms with Crippen molar-refractivity contribution < 1.29 is 27.6 Å². The Hall–Kier alpha value is -3.36. The van der Waals surface area contributed by atoms with Crippen molar-refractivity contribution in [3.8, 4) is 10.4 Å². The van der Waals surface area contributed by atoms with E-state index in [1.807, 2.05) is 30.3 Å². The van der Waals surface area contributed by atoms with Gasteiger partial charge in [-0.05, 0) is 61.2 Å². The molecule has 2 amide bonds. The summed E-state index contributed by atoms with van der Waals surface area (Å²) in [6.07, 6.45) is 1.56. The van der Waals surface area contributed by atoms with E-state index in [2.05, 4.69) is 5.48 Å². The molecule has 0 aliphatic carbocycles. The summed E-state index contributed by atoms with van der Waals surface area (Å²) < 4.78 is 34.8. The maximum Gasteiger partial charge on any atom is 0.307 e. The number of thiophene rings is 1. The first kappa shape index (κ1) is 30.7. The van der Waals surface area contributed by atoms with Crippen LogP contribution in [-0.2, 0) is 36.0 Å². The molecule has 2 unspecified atom stereocenters. The molecule has 0 spiro atoms. The number of sulfone groups is 1. The van der Waals surface area contributed by atoms with Crippen LogP contribution in [0.2, 0.25) is 0 Å². The number of benzene rings is 2. The van der Waals surface area contributed by atoms with Gasteiger partial charge in [0.25, 0.3) is 5.91 Å². The highest BCUT2D eigenvalue weighted by Crippen LogP contribution is 2.45. The smallest absolute Gasteiger partial charge is 0.307 e. The molecule has 44 heavy (non-hydrogen) atoms. The van der Waals surface area contributed by atoms with E-state index in [9.17, 15) is 22.8 Å². The zero-order valence-electron chi connectivity index (χ0n) is 24.2. The molecule has 2 atom stereocenters. The zero-order valence-corrected chi connectivity index (χ0v) is 26.6. The number of fused-ring (bicyclic) bond motifs is 1. The van der Waals surface area contributed by atoms with E-state index in [-0.39, 0.29) is 42.5 Å². The number of thiazole rings is 1. The molecule has 232 valence electrons. The molecule has 0 bridgehead atoms. The third-order valence-corrected chi connectivity index (χ3v) is 13.3. The van der Waals surface area contributed by atoms with E-state index in [1.165, 1.54) is 11.3 Å². The van der Waals surface area contributed by atoms with Gasteiger partial charge in [0.15, 0.2) is 16.1 Å². The van der Waals surface area contributed by atoms with E-state index in [4.69, 9.17) is 9.57 Å². The van der Waals surface area contributed by atoms with Gasteiger partial charge in [-0.3, -0.25) is 14.4 Å². The second-order valence-electron chi connectivity index (χ2n) is 11.1. The monoisotopic (exact) mass is 655 g/mol. The highest BCUT2D eigenvalue weighted by molar-refractivity contribution is 7.92. The predicted octanol–water partition coefficient (Wildman–Crippen LogP) is 4.45. The molecule has 2 aliphatic rings. The number of hydrogen-bond acceptors (Lipinski definition) is 9. The predicted molar refractivity (Wildman–Crippen MR) is 170 cm³/mol. The van der Waals surface area contributed by atoms with Crippen molar-refractivity contribution in [3.63, 3.8) is 0 Å². The van der Waals surface area contributed by atoms with Crippen LogP contribution in [0, 0.1) is 0 Å². The maximum atomic E-state index is 14.2. The highest BCUT2D eigenvalue weighted by Gasteiger charge is 2.50. The molecule has 1 N–H and O–H groups in total. The van der Waals surface area contributed by atoms with Crippen molar-refractivity contribution in [3.05, 3.63) is 80.8 Å². The van der Waals surface area contributed by atoms with Gasteiger partial charge in [0, 0.05) is 48.5 Å². The van der Waals surface area contributed by atoms with Crippen LogP contribution in [0.4, 0.5) is 0 Å². The molecular formula is C31H33N3O7S3. The topological polar surface area (TPSA) is 124 Å². The van der Waals surface area contributed by atoms with Crippen LogP contribution in [0.5, 0.6) is 0 Å². The first-order valence-corrected chi connectivity index (χ1v) is 17.8. The third kappa shape index (κ3) is 5.98. The van der Waals surface area contributed by atoms with Gasteiger partial charge in [0.1, 0.15) is 4.75 Å². The van der Waals surface area contributed by atoms with Crippen LogP contribution in [0.1, 0.15) is 47.3 Å². The van der Waals surface area contributed by atoms with Gasteiger partial charge >= 0.3 is 4.87 Å². The largest absolute Gasteiger partial charge is 0.350 e. The van der Waals surface area contributed by atoms with Crippen LogP contribution >= 0.6 is 22.7 Å². The fraction of sp³-hybridized carbons (Fsp3) is 0.387. The molecule has 4 heterocycles. The summed E-state index contributed by atoms with van der Waals surface area (Å²) in [5.41, 5.74) is 4.59. The fourth-order valence-electron chi connectivity index (χ4n) is 5.79. The van der Waals surface area contributed by atoms with Crippen molar-refractivity contribution in [1.29, 1.82) is 0 Å². The summed E-state index contributed by atoms with van der Waals surface area (Å²) in [7, 11) is -2.21. The lowest BCUT2D eigenvalue weighted by Gasteiger charge is -2.31. The lowest BCUT2D eigenvalue weighted by atomic mass is 9.97. The molecule has 4 aromatic rings. The molecule has 2 fully saturated rings. The van der Waals surface area contributed by atoms with Gasteiger partial charge in [-0.1, -0.05) is 35.6 Å². The van der Waals surface area contributed by atoms with Crippen molar-refractivity contribution >= 4 is 54.5 Å². The van der Waals surface area contributed by atoms with Gasteiger partial charge in [0.2, 0.25) is 5.91 Å². The van der Waals surface area contributed by atoms with E-state index in [0.29, 0.717) is 23.5 Å². The molecule has 13 heteroatoms. The summed E-state index contributed by atoms with van der Waals surface area (Å²) in [6.45, 7) is 0.714. The Morgan fingerprint density at radius 2 is 1.89 bits per heavy atom. The Morgan fingerprint density at radius 1 is 1.07 bits per heavy atom. The van der Waals surface area contributed by atoms with Gasteiger partial charge in [-0.2, -0.15) is 0 Å². The van der Waals surface area contributed by atoms with Gasteiger partial charge in [-0.25, -0.2) is 18.7 Å². The summed E-state index contributed by atoms with van der Waals surface area (Å²) in [6, 6.07) is 18.1. The van der Waals surface area contributed by atoms with E-state index >= 15 is 0 Å². The number of hydrogen-bond donors (Lipinski definition) is 1. The van der Waals surface area contributed by atoms with E-state index in [0.717, 1.165) is 44.8 Å². The summed E-state index contributed by atoms with van der Waals surface area (Å²) in [5, 5.41) is 0. The quantitative estimate of drug-likeness (QED) is 0.292. The third-order valence-electron chi connectivity index (χ3n) is 8.34. The number of nitrogens with zero attached hydrogens (tertiary/aromatic N) is 2. The number of rotatable bonds is 7. The number of carbonyl (C=O) groups is 2. The summed E-state index contributed by atoms with van der Waals surface area (Å²) in [5.74, 6) is -1.11. The molecule has 2 aromatic heterocycles. The van der Waals surface area contributed by atoms with Crippen molar-refractivity contribution in [1.82, 2.24) is 14.9 Å². The van der Waals surface area contributed by atoms with Crippen LogP contribution in [0.3, 0.4) is 0 Å². The van der Waals surface area contributed by atoms with Crippen molar-refractivity contribution in [2.24, 2.45) is 7.05 Å². The molecular weight excluding hydrogens is 623 g/mol. The molecule has 0 saturated carbocycles. The Morgan fingerprint density at radius 3 is 2.66 bits per heavy atom. The molecule has 6 rings (SSSR count). The lowest BCUT2D eigenvalue weighted by molar-refractivity contribution is -0.200. The lowest BCUT2D eigenvalue weighted by Crippen LogP contribution is -2.43. The van der Waals surface area contributed by atoms with Crippen molar-refractivity contribution in [2.45, 2.75) is 43.1 Å². The maximum absolute atomic E-state index is 14.2. The second-order valence-corrected chi connectivity index (χ2v) is 15.6. The van der Waals surface area contributed by atoms with Crippen LogP contribution in [0.25, 0.3) is 20.7 Å². The summed E-state index contributed by atoms with van der Waals surface area (Å²) >= 11 is 2.46. The first-order chi connectivity index (χ1) is 21.2. The molecule has 10 nitrogen and oxygen atoms in total. The minimum atomic E-state index is -3.94. The number of aromatic nitrogens is 1. The normalized spacial score (nSPS) is 22.0. The number of carbonyl (C=O) groups excluding carboxylic acids is 2. The number of hydroxylamine groups is 1. The van der Waals surface area contributed by atoms with Crippen LogP contribution in [0.15, 0.2) is 65.5 Å². The Kier molecular flexibility index (Phi) is 8.75. The number of amides is 2. The Bertz CT molecular complexity index is 1840. The second kappa shape index (κ2) is 12.6. The summed E-state index contributed by atoms with van der Waals surface area (Å²) in [4.78, 5) is 47.2. The van der Waals surface area contributed by atoms with E-state index < -0.39 is 26.8 Å². The molecule has 2 aromatic carbocycles. The Balaban J connectivity index is 1.33. The van der Waals surface area contributed by atoms with Gasteiger partial charge in [0.05, 0.1) is 22.4 Å². The first-order valence-electron chi connectivity index (χ1n) is 14.5.